The van der Waals surface area contributed by atoms with E-state index in [9.17, 15) is 4.79 Å². The van der Waals surface area contributed by atoms with E-state index in [0.29, 0.717) is 23.8 Å². The normalized spacial score (nSPS) is 19.2. The molecule has 2 atom stereocenters. The van der Waals surface area contributed by atoms with Gasteiger partial charge in [0, 0.05) is 18.6 Å². The van der Waals surface area contributed by atoms with Crippen LogP contribution in [0.4, 0.5) is 0 Å². The van der Waals surface area contributed by atoms with Crippen molar-refractivity contribution in [3.8, 4) is 5.75 Å². The van der Waals surface area contributed by atoms with Gasteiger partial charge in [-0.25, -0.2) is 0 Å². The minimum absolute atomic E-state index is 0. The Balaban J connectivity index is 0.00000420. The predicted molar refractivity (Wildman–Crippen MR) is 117 cm³/mol. The van der Waals surface area contributed by atoms with E-state index in [2.05, 4.69) is 5.32 Å². The second kappa shape index (κ2) is 10.8. The highest BCUT2D eigenvalue weighted by atomic mass is 35.5. The Morgan fingerprint density at radius 3 is 2.28 bits per heavy atom. The quantitative estimate of drug-likeness (QED) is 0.564. The van der Waals surface area contributed by atoms with Gasteiger partial charge in [-0.3, -0.25) is 4.79 Å². The Hall–Kier alpha value is -1.03. The first kappa shape index (κ1) is 26.0. The van der Waals surface area contributed by atoms with Gasteiger partial charge in [0.1, 0.15) is 11.8 Å². The first-order chi connectivity index (χ1) is 13.1. The van der Waals surface area contributed by atoms with Crippen molar-refractivity contribution < 1.29 is 23.6 Å². The number of benzene rings is 1. The summed E-state index contributed by atoms with van der Waals surface area (Å²) in [5.41, 5.74) is 4.84. The number of methoxy groups -OCH3 is 1. The first-order valence-corrected chi connectivity index (χ1v) is 9.72. The molecule has 29 heavy (non-hydrogen) atoms. The Morgan fingerprint density at radius 2 is 1.76 bits per heavy atom. The third kappa shape index (κ3) is 7.01. The average molecular weight is 449 g/mol. The zero-order valence-electron chi connectivity index (χ0n) is 17.6. The van der Waals surface area contributed by atoms with E-state index in [4.69, 9.17) is 36.1 Å². The monoisotopic (exact) mass is 448 g/mol. The van der Waals surface area contributed by atoms with E-state index in [-0.39, 0.29) is 24.9 Å². The van der Waals surface area contributed by atoms with Crippen LogP contribution >= 0.6 is 24.0 Å². The number of nitrogens with one attached hydrogen (secondary N) is 1. The van der Waals surface area contributed by atoms with Crippen molar-refractivity contribution in [2.75, 3.05) is 20.3 Å². The third-order valence-corrected chi connectivity index (χ3v) is 5.37. The van der Waals surface area contributed by atoms with E-state index in [1.807, 2.05) is 27.7 Å². The molecule has 1 heterocycles. The summed E-state index contributed by atoms with van der Waals surface area (Å²) in [6.07, 6.45) is 0.477. The number of amides is 1. The first-order valence-electron chi connectivity index (χ1n) is 9.34. The number of nitrogens with two attached hydrogens (primary N) is 1. The molecule has 1 aliphatic heterocycles. The van der Waals surface area contributed by atoms with Gasteiger partial charge < -0.3 is 29.8 Å². The van der Waals surface area contributed by atoms with Crippen LogP contribution in [0.5, 0.6) is 5.75 Å². The van der Waals surface area contributed by atoms with Crippen LogP contribution in [0, 0.1) is 0 Å². The smallest absolute Gasteiger partial charge is 0.481 e. The second-order valence-corrected chi connectivity index (χ2v) is 8.33. The molecule has 2 rings (SSSR count). The number of rotatable bonds is 9. The van der Waals surface area contributed by atoms with Gasteiger partial charge >= 0.3 is 7.12 Å². The highest BCUT2D eigenvalue weighted by Crippen LogP contribution is 2.37. The van der Waals surface area contributed by atoms with Gasteiger partial charge in [0.2, 0.25) is 5.91 Å². The summed E-state index contributed by atoms with van der Waals surface area (Å²) < 4.78 is 22.9. The van der Waals surface area contributed by atoms with Gasteiger partial charge in [-0.05, 0) is 52.0 Å². The summed E-state index contributed by atoms with van der Waals surface area (Å²) in [6.45, 7) is 8.35. The molecule has 10 heteroatoms. The van der Waals surface area contributed by atoms with E-state index in [0.717, 1.165) is 0 Å². The van der Waals surface area contributed by atoms with Crippen LogP contribution in [-0.4, -0.2) is 56.5 Å². The highest BCUT2D eigenvalue weighted by molar-refractivity contribution is 6.48. The Morgan fingerprint density at radius 1 is 1.21 bits per heavy atom. The van der Waals surface area contributed by atoms with Crippen LogP contribution in [0.3, 0.4) is 0 Å². The molecule has 1 fully saturated rings. The lowest BCUT2D eigenvalue weighted by atomic mass is 9.76. The van der Waals surface area contributed by atoms with Crippen LogP contribution in [0.15, 0.2) is 24.3 Å². The minimum atomic E-state index is -0.771. The summed E-state index contributed by atoms with van der Waals surface area (Å²) in [7, 11) is 0.885. The topological polar surface area (TPSA) is 92.0 Å². The van der Waals surface area contributed by atoms with Crippen molar-refractivity contribution in [2.45, 2.75) is 57.3 Å². The van der Waals surface area contributed by atoms with E-state index in [1.165, 1.54) is 7.11 Å². The van der Waals surface area contributed by atoms with Gasteiger partial charge in [0.05, 0.1) is 30.4 Å². The van der Waals surface area contributed by atoms with Crippen molar-refractivity contribution in [2.24, 2.45) is 5.73 Å². The van der Waals surface area contributed by atoms with Crippen LogP contribution in [0.25, 0.3) is 0 Å². The molecule has 0 aromatic heterocycles. The number of hydrogen-bond donors (Lipinski definition) is 2. The molecule has 1 amide bonds. The molecule has 0 bridgehead atoms. The number of carbonyl (C=O) groups excluding carboxylic acids is 1. The molecule has 0 spiro atoms. The molecule has 1 saturated heterocycles. The Labute approximate surface area is 184 Å². The lowest BCUT2D eigenvalue weighted by molar-refractivity contribution is -0.123. The largest absolute Gasteiger partial charge is 0.494 e. The second-order valence-electron chi connectivity index (χ2n) is 7.89. The van der Waals surface area contributed by atoms with Crippen molar-refractivity contribution in [1.29, 1.82) is 0 Å². The van der Waals surface area contributed by atoms with Gasteiger partial charge in [0.25, 0.3) is 0 Å². The SMILES string of the molecule is COC[C@@H](N)C(=O)N[C@@H](CCOc1ccc(Cl)cc1)B1OC(C)(C)C(C)(C)O1.Cl. The van der Waals surface area contributed by atoms with Crippen molar-refractivity contribution in [3.63, 3.8) is 0 Å². The number of carbonyl (C=O) groups is 1. The number of ether oxygens (including phenoxy) is 2. The van der Waals surface area contributed by atoms with E-state index >= 15 is 0 Å². The summed E-state index contributed by atoms with van der Waals surface area (Å²) in [6, 6.07) is 6.33. The lowest BCUT2D eigenvalue weighted by Gasteiger charge is -2.32. The third-order valence-electron chi connectivity index (χ3n) is 5.12. The summed E-state index contributed by atoms with van der Waals surface area (Å²) in [5.74, 6) is -0.0590. The standard InChI is InChI=1S/C19H30BClN2O5.ClH/c1-18(2)19(3,4)28-20(27-18)16(23-17(24)15(22)12-25-5)10-11-26-14-8-6-13(21)7-9-14;/h6-9,15-16H,10-12,22H2,1-5H3,(H,23,24);1H/t15-,16+;/m1./s1. The maximum atomic E-state index is 12.4. The molecule has 0 radical (unpaired) electrons. The molecule has 0 aliphatic carbocycles. The zero-order valence-corrected chi connectivity index (χ0v) is 19.1. The molecule has 7 nitrogen and oxygen atoms in total. The summed E-state index contributed by atoms with van der Waals surface area (Å²) in [4.78, 5) is 12.4. The average Bonchev–Trinajstić information content (AvgIpc) is 2.83. The molecule has 164 valence electrons. The van der Waals surface area contributed by atoms with Crippen LogP contribution in [0.1, 0.15) is 34.1 Å². The van der Waals surface area contributed by atoms with Crippen LogP contribution in [0.2, 0.25) is 5.02 Å². The van der Waals surface area contributed by atoms with Gasteiger partial charge in [-0.15, -0.1) is 12.4 Å². The van der Waals surface area contributed by atoms with Crippen LogP contribution < -0.4 is 15.8 Å². The molecule has 1 aromatic rings. The lowest BCUT2D eigenvalue weighted by Crippen LogP contribution is -2.54. The summed E-state index contributed by atoms with van der Waals surface area (Å²) >= 11 is 5.89. The molecule has 0 unspecified atom stereocenters. The fraction of sp³-hybridized carbons (Fsp3) is 0.632. The maximum absolute atomic E-state index is 12.4. The maximum Gasteiger partial charge on any atom is 0.481 e. The number of hydrogen-bond acceptors (Lipinski definition) is 6. The molecular weight excluding hydrogens is 418 g/mol. The van der Waals surface area contributed by atoms with Crippen molar-refractivity contribution in [3.05, 3.63) is 29.3 Å². The Kier molecular flexibility index (Phi) is 9.72. The van der Waals surface area contributed by atoms with Crippen LogP contribution in [-0.2, 0) is 18.8 Å². The predicted octanol–water partition coefficient (Wildman–Crippen LogP) is 2.62. The van der Waals surface area contributed by atoms with Gasteiger partial charge in [-0.1, -0.05) is 11.6 Å². The Bertz CT molecular complexity index is 645. The molecular formula is C19H31BCl2N2O5. The van der Waals surface area contributed by atoms with Gasteiger partial charge in [0.15, 0.2) is 0 Å². The summed E-state index contributed by atoms with van der Waals surface area (Å²) in [5, 5.41) is 3.56. The molecule has 3 N–H and O–H groups in total. The minimum Gasteiger partial charge on any atom is -0.494 e. The van der Waals surface area contributed by atoms with E-state index < -0.39 is 30.3 Å². The molecule has 1 aliphatic rings. The van der Waals surface area contributed by atoms with Gasteiger partial charge in [-0.2, -0.15) is 0 Å². The van der Waals surface area contributed by atoms with Crippen molar-refractivity contribution in [1.82, 2.24) is 5.32 Å². The fourth-order valence-corrected chi connectivity index (χ4v) is 2.83. The molecule has 1 aromatic carbocycles. The van der Waals surface area contributed by atoms with Crippen molar-refractivity contribution >= 4 is 37.0 Å². The number of halogens is 2. The highest BCUT2D eigenvalue weighted by Gasteiger charge is 2.54. The van der Waals surface area contributed by atoms with E-state index in [1.54, 1.807) is 24.3 Å². The zero-order chi connectivity index (χ0) is 20.9. The fourth-order valence-electron chi connectivity index (χ4n) is 2.71. The molecule has 0 saturated carbocycles.